The highest BCUT2D eigenvalue weighted by Gasteiger charge is 2.36. The first kappa shape index (κ1) is 16.4. The molecule has 3 aromatic rings. The van der Waals surface area contributed by atoms with Crippen LogP contribution in [0.4, 0.5) is 11.4 Å². The van der Waals surface area contributed by atoms with Gasteiger partial charge < -0.3 is 9.64 Å². The van der Waals surface area contributed by atoms with Gasteiger partial charge in [-0.25, -0.2) is 4.99 Å². The van der Waals surface area contributed by atoms with Crippen molar-refractivity contribution in [3.63, 3.8) is 0 Å². The van der Waals surface area contributed by atoms with Crippen molar-refractivity contribution in [3.05, 3.63) is 90.5 Å². The van der Waals surface area contributed by atoms with E-state index in [0.717, 1.165) is 29.4 Å². The summed E-state index contributed by atoms with van der Waals surface area (Å²) in [6.07, 6.45) is 0.937. The van der Waals surface area contributed by atoms with Gasteiger partial charge >= 0.3 is 0 Å². The van der Waals surface area contributed by atoms with Gasteiger partial charge in [-0.2, -0.15) is 0 Å². The van der Waals surface area contributed by atoms with E-state index in [1.807, 2.05) is 49.4 Å². The maximum Gasteiger partial charge on any atom is 0.119 e. The predicted molar refractivity (Wildman–Crippen MR) is 107 cm³/mol. The van der Waals surface area contributed by atoms with Crippen LogP contribution < -0.4 is 9.64 Å². The third kappa shape index (κ3) is 3.33. The summed E-state index contributed by atoms with van der Waals surface area (Å²) >= 11 is 0. The second-order valence-electron chi connectivity index (χ2n) is 6.29. The van der Waals surface area contributed by atoms with Crippen LogP contribution in [0, 0.1) is 0 Å². The van der Waals surface area contributed by atoms with Crippen LogP contribution >= 0.6 is 0 Å². The second kappa shape index (κ2) is 7.44. The van der Waals surface area contributed by atoms with E-state index in [9.17, 15) is 0 Å². The monoisotopic (exact) mass is 342 g/mol. The lowest BCUT2D eigenvalue weighted by atomic mass is 9.92. The van der Waals surface area contributed by atoms with E-state index in [1.54, 1.807) is 0 Å². The zero-order valence-corrected chi connectivity index (χ0v) is 14.9. The van der Waals surface area contributed by atoms with Crippen molar-refractivity contribution in [3.8, 4) is 5.75 Å². The molecule has 0 saturated carbocycles. The van der Waals surface area contributed by atoms with Gasteiger partial charge in [-0.15, -0.1) is 0 Å². The molecule has 3 nitrogen and oxygen atoms in total. The van der Waals surface area contributed by atoms with Crippen molar-refractivity contribution in [2.24, 2.45) is 4.99 Å². The molecule has 1 aliphatic rings. The van der Waals surface area contributed by atoms with Gasteiger partial charge in [-0.05, 0) is 48.9 Å². The smallest absolute Gasteiger partial charge is 0.119 e. The summed E-state index contributed by atoms with van der Waals surface area (Å²) in [6, 6.07) is 29.4. The van der Waals surface area contributed by atoms with Crippen molar-refractivity contribution in [2.45, 2.75) is 19.4 Å². The quantitative estimate of drug-likeness (QED) is 0.588. The summed E-state index contributed by atoms with van der Waals surface area (Å²) in [4.78, 5) is 7.19. The van der Waals surface area contributed by atoms with Crippen LogP contribution in [0.2, 0.25) is 0 Å². The molecule has 1 saturated heterocycles. The Kier molecular flexibility index (Phi) is 4.69. The molecule has 3 heteroatoms. The Labute approximate surface area is 154 Å². The first-order valence-corrected chi connectivity index (χ1v) is 9.05. The molecule has 0 aliphatic carbocycles. The average molecular weight is 342 g/mol. The van der Waals surface area contributed by atoms with Crippen LogP contribution in [0.15, 0.2) is 89.9 Å². The average Bonchev–Trinajstić information content (AvgIpc) is 2.68. The van der Waals surface area contributed by atoms with Crippen molar-refractivity contribution in [1.29, 1.82) is 0 Å². The Morgan fingerprint density at radius 2 is 1.54 bits per heavy atom. The highest BCUT2D eigenvalue weighted by Crippen LogP contribution is 2.40. The largest absolute Gasteiger partial charge is 0.494 e. The van der Waals surface area contributed by atoms with Crippen LogP contribution in [0.25, 0.3) is 0 Å². The molecule has 26 heavy (non-hydrogen) atoms. The van der Waals surface area contributed by atoms with E-state index >= 15 is 0 Å². The standard InChI is InChI=1S/C23H22N2O/c1-2-26-21-15-13-20(14-16-21)25-22(18-9-5-3-6-10-18)17-23(25)24-19-11-7-4-8-12-19/h3-16,22H,2,17H2,1H3/b24-23+. The minimum Gasteiger partial charge on any atom is -0.494 e. The Hall–Kier alpha value is -3.07. The number of para-hydroxylation sites is 1. The summed E-state index contributed by atoms with van der Waals surface area (Å²) in [6.45, 7) is 2.68. The lowest BCUT2D eigenvalue weighted by Gasteiger charge is -2.44. The van der Waals surface area contributed by atoms with Gasteiger partial charge in [-0.1, -0.05) is 48.5 Å². The summed E-state index contributed by atoms with van der Waals surface area (Å²) in [5, 5.41) is 0. The molecule has 0 aromatic heterocycles. The molecule has 1 unspecified atom stereocenters. The number of nitrogens with zero attached hydrogens (tertiary/aromatic N) is 2. The van der Waals surface area contributed by atoms with Crippen molar-refractivity contribution in [1.82, 2.24) is 0 Å². The van der Waals surface area contributed by atoms with Gasteiger partial charge in [0, 0.05) is 12.1 Å². The molecular weight excluding hydrogens is 320 g/mol. The second-order valence-corrected chi connectivity index (χ2v) is 6.29. The van der Waals surface area contributed by atoms with Gasteiger partial charge in [0.2, 0.25) is 0 Å². The first-order chi connectivity index (χ1) is 12.8. The minimum absolute atomic E-state index is 0.316. The Bertz CT molecular complexity index is 873. The number of hydrogen-bond acceptors (Lipinski definition) is 2. The molecule has 1 heterocycles. The predicted octanol–water partition coefficient (Wildman–Crippen LogP) is 5.77. The molecule has 0 N–H and O–H groups in total. The maximum absolute atomic E-state index is 5.58. The van der Waals surface area contributed by atoms with E-state index in [0.29, 0.717) is 12.6 Å². The summed E-state index contributed by atoms with van der Waals surface area (Å²) in [5.41, 5.74) is 3.45. The Morgan fingerprint density at radius 3 is 2.19 bits per heavy atom. The van der Waals surface area contributed by atoms with E-state index in [1.165, 1.54) is 5.56 Å². The van der Waals surface area contributed by atoms with Gasteiger partial charge in [0.15, 0.2) is 0 Å². The molecule has 0 amide bonds. The van der Waals surface area contributed by atoms with E-state index in [4.69, 9.17) is 9.73 Å². The summed E-state index contributed by atoms with van der Waals surface area (Å²) in [5.74, 6) is 1.99. The van der Waals surface area contributed by atoms with Crippen LogP contribution in [-0.4, -0.2) is 12.4 Å². The molecular formula is C23H22N2O. The maximum atomic E-state index is 5.58. The number of amidine groups is 1. The highest BCUT2D eigenvalue weighted by atomic mass is 16.5. The highest BCUT2D eigenvalue weighted by molar-refractivity contribution is 6.06. The van der Waals surface area contributed by atoms with E-state index < -0.39 is 0 Å². The summed E-state index contributed by atoms with van der Waals surface area (Å²) < 4.78 is 5.58. The Balaban J connectivity index is 1.67. The van der Waals surface area contributed by atoms with E-state index in [-0.39, 0.29) is 0 Å². The Morgan fingerprint density at radius 1 is 0.885 bits per heavy atom. The van der Waals surface area contributed by atoms with Crippen LogP contribution in [-0.2, 0) is 0 Å². The molecule has 0 bridgehead atoms. The third-order valence-electron chi connectivity index (χ3n) is 4.59. The fourth-order valence-corrected chi connectivity index (χ4v) is 3.32. The SMILES string of the molecule is CCOc1ccc(N2/C(=N/c3ccccc3)CC2c2ccccc2)cc1. The van der Waals surface area contributed by atoms with E-state index in [2.05, 4.69) is 47.4 Å². The topological polar surface area (TPSA) is 24.8 Å². The number of benzene rings is 3. The number of ether oxygens (including phenoxy) is 1. The van der Waals surface area contributed by atoms with Crippen LogP contribution in [0.1, 0.15) is 24.9 Å². The molecule has 1 fully saturated rings. The molecule has 3 aromatic carbocycles. The van der Waals surface area contributed by atoms with Crippen molar-refractivity contribution >= 4 is 17.2 Å². The fourth-order valence-electron chi connectivity index (χ4n) is 3.32. The lowest BCUT2D eigenvalue weighted by Crippen LogP contribution is -2.46. The first-order valence-electron chi connectivity index (χ1n) is 9.05. The number of rotatable bonds is 5. The zero-order chi connectivity index (χ0) is 17.8. The van der Waals surface area contributed by atoms with Gasteiger partial charge in [0.25, 0.3) is 0 Å². The number of aliphatic imine (C=N–C) groups is 1. The molecule has 1 aliphatic heterocycles. The molecule has 130 valence electrons. The number of hydrogen-bond donors (Lipinski definition) is 0. The number of anilines is 1. The minimum atomic E-state index is 0.316. The normalized spacial score (nSPS) is 17.8. The zero-order valence-electron chi connectivity index (χ0n) is 14.9. The third-order valence-corrected chi connectivity index (χ3v) is 4.59. The van der Waals surface area contributed by atoms with Gasteiger partial charge in [0.05, 0.1) is 18.3 Å². The molecule has 0 radical (unpaired) electrons. The van der Waals surface area contributed by atoms with Gasteiger partial charge in [-0.3, -0.25) is 0 Å². The van der Waals surface area contributed by atoms with Crippen LogP contribution in [0.3, 0.4) is 0 Å². The lowest BCUT2D eigenvalue weighted by molar-refractivity contribution is 0.340. The van der Waals surface area contributed by atoms with Crippen molar-refractivity contribution < 1.29 is 4.74 Å². The van der Waals surface area contributed by atoms with Crippen molar-refractivity contribution in [2.75, 3.05) is 11.5 Å². The van der Waals surface area contributed by atoms with Gasteiger partial charge in [0.1, 0.15) is 11.6 Å². The van der Waals surface area contributed by atoms with Crippen LogP contribution in [0.5, 0.6) is 5.75 Å². The molecule has 1 atom stereocenters. The molecule has 4 rings (SSSR count). The summed E-state index contributed by atoms with van der Waals surface area (Å²) in [7, 11) is 0. The fraction of sp³-hybridized carbons (Fsp3) is 0.174. The molecule has 0 spiro atoms.